The number of rotatable bonds is 4. The molecular weight excluding hydrogens is 354 g/mol. The molecule has 7 heteroatoms. The van der Waals surface area contributed by atoms with E-state index in [2.05, 4.69) is 26.9 Å². The molecule has 1 aromatic heterocycles. The van der Waals surface area contributed by atoms with Gasteiger partial charge in [-0.15, -0.1) is 11.3 Å². The average Bonchev–Trinajstić information content (AvgIpc) is 2.87. The predicted octanol–water partition coefficient (Wildman–Crippen LogP) is 3.38. The minimum absolute atomic E-state index is 0.0913. The Morgan fingerprint density at radius 2 is 2.22 bits per heavy atom. The first-order valence-electron chi connectivity index (χ1n) is 5.73. The number of thioether (sulfide) groups is 1. The summed E-state index contributed by atoms with van der Waals surface area (Å²) in [7, 11) is -3.35. The fourth-order valence-corrected chi connectivity index (χ4v) is 6.42. The number of hydrogen-bond donors (Lipinski definition) is 1. The molecule has 2 rings (SSSR count). The summed E-state index contributed by atoms with van der Waals surface area (Å²) in [6.45, 7) is 1.90. The predicted molar refractivity (Wildman–Crippen MR) is 82.0 cm³/mol. The van der Waals surface area contributed by atoms with Crippen molar-refractivity contribution in [1.82, 2.24) is 4.72 Å². The van der Waals surface area contributed by atoms with E-state index in [0.717, 1.165) is 28.6 Å². The summed E-state index contributed by atoms with van der Waals surface area (Å²) in [5.41, 5.74) is 0.966. The second-order valence-electron chi connectivity index (χ2n) is 4.51. The van der Waals surface area contributed by atoms with Crippen molar-refractivity contribution in [2.24, 2.45) is 0 Å². The van der Waals surface area contributed by atoms with Crippen LogP contribution < -0.4 is 4.72 Å². The van der Waals surface area contributed by atoms with Gasteiger partial charge in [0, 0.05) is 11.3 Å². The third kappa shape index (κ3) is 3.30. The maximum absolute atomic E-state index is 12.2. The van der Waals surface area contributed by atoms with Gasteiger partial charge in [0.05, 0.1) is 3.79 Å². The molecule has 0 aliphatic heterocycles. The Bertz CT molecular complexity index is 507. The normalized spacial score (nSPS) is 24.6. The van der Waals surface area contributed by atoms with E-state index in [9.17, 15) is 8.42 Å². The van der Waals surface area contributed by atoms with E-state index >= 15 is 0 Å². The van der Waals surface area contributed by atoms with E-state index in [4.69, 9.17) is 0 Å². The third-order valence-electron chi connectivity index (χ3n) is 3.14. The van der Waals surface area contributed by atoms with Crippen LogP contribution in [0.15, 0.2) is 14.1 Å². The first-order chi connectivity index (χ1) is 8.42. The number of halogens is 1. The van der Waals surface area contributed by atoms with Crippen LogP contribution in [0, 0.1) is 6.92 Å². The van der Waals surface area contributed by atoms with E-state index in [0.29, 0.717) is 9.46 Å². The monoisotopic (exact) mass is 369 g/mol. The number of thiophene rings is 1. The maximum Gasteiger partial charge on any atom is 0.250 e. The first kappa shape index (κ1) is 14.8. The molecule has 1 heterocycles. The summed E-state index contributed by atoms with van der Waals surface area (Å²) in [4.78, 5) is 0. The van der Waals surface area contributed by atoms with Gasteiger partial charge in [-0.25, -0.2) is 13.1 Å². The molecule has 0 radical (unpaired) electrons. The molecule has 1 aliphatic rings. The number of hydrogen-bond acceptors (Lipinski definition) is 4. The van der Waals surface area contributed by atoms with Crippen LogP contribution in [0.4, 0.5) is 0 Å². The first-order valence-corrected chi connectivity index (χ1v) is 10.1. The van der Waals surface area contributed by atoms with Gasteiger partial charge in [0.2, 0.25) is 10.0 Å². The lowest BCUT2D eigenvalue weighted by molar-refractivity contribution is 0.554. The van der Waals surface area contributed by atoms with Gasteiger partial charge < -0.3 is 0 Å². The Labute approximate surface area is 125 Å². The van der Waals surface area contributed by atoms with E-state index in [1.165, 1.54) is 11.3 Å². The van der Waals surface area contributed by atoms with Crippen LogP contribution in [0.2, 0.25) is 0 Å². The van der Waals surface area contributed by atoms with Crippen molar-refractivity contribution >= 4 is 49.1 Å². The molecule has 102 valence electrons. The fraction of sp³-hybridized carbons (Fsp3) is 0.636. The van der Waals surface area contributed by atoms with Gasteiger partial charge in [0.25, 0.3) is 0 Å². The van der Waals surface area contributed by atoms with Gasteiger partial charge in [0.15, 0.2) is 0 Å². The Morgan fingerprint density at radius 3 is 2.72 bits per heavy atom. The molecule has 0 spiro atoms. The molecule has 1 saturated carbocycles. The van der Waals surface area contributed by atoms with Crippen molar-refractivity contribution < 1.29 is 8.42 Å². The summed E-state index contributed by atoms with van der Waals surface area (Å²) in [6.07, 6.45) is 5.06. The second-order valence-corrected chi connectivity index (χ2v) is 9.96. The largest absolute Gasteiger partial charge is 0.250 e. The fourth-order valence-electron chi connectivity index (χ4n) is 2.10. The minimum atomic E-state index is -3.35. The lowest BCUT2D eigenvalue weighted by atomic mass is 10.3. The van der Waals surface area contributed by atoms with E-state index in [1.807, 2.05) is 18.7 Å². The van der Waals surface area contributed by atoms with Crippen LogP contribution in [0.5, 0.6) is 0 Å². The van der Waals surface area contributed by atoms with Gasteiger partial charge in [-0.2, -0.15) is 11.8 Å². The van der Waals surface area contributed by atoms with Gasteiger partial charge in [-0.3, -0.25) is 0 Å². The van der Waals surface area contributed by atoms with Crippen LogP contribution in [0.1, 0.15) is 24.8 Å². The molecule has 2 atom stereocenters. The molecule has 3 nitrogen and oxygen atoms in total. The van der Waals surface area contributed by atoms with E-state index < -0.39 is 10.0 Å². The van der Waals surface area contributed by atoms with Crippen LogP contribution in [-0.4, -0.2) is 26.0 Å². The molecule has 1 fully saturated rings. The molecule has 1 aromatic rings. The van der Waals surface area contributed by atoms with E-state index in [-0.39, 0.29) is 6.04 Å². The molecule has 0 saturated heterocycles. The highest BCUT2D eigenvalue weighted by Gasteiger charge is 2.29. The highest BCUT2D eigenvalue weighted by molar-refractivity contribution is 9.11. The van der Waals surface area contributed by atoms with Crippen molar-refractivity contribution in [1.29, 1.82) is 0 Å². The summed E-state index contributed by atoms with van der Waals surface area (Å²) >= 11 is 6.46. The summed E-state index contributed by atoms with van der Waals surface area (Å²) < 4.78 is 28.6. The topological polar surface area (TPSA) is 46.2 Å². The van der Waals surface area contributed by atoms with Crippen molar-refractivity contribution in [3.8, 4) is 0 Å². The van der Waals surface area contributed by atoms with Crippen LogP contribution in [0.25, 0.3) is 0 Å². The van der Waals surface area contributed by atoms with Gasteiger partial charge >= 0.3 is 0 Å². The van der Waals surface area contributed by atoms with Crippen molar-refractivity contribution in [2.75, 3.05) is 6.26 Å². The maximum atomic E-state index is 12.2. The molecule has 0 amide bonds. The summed E-state index contributed by atoms with van der Waals surface area (Å²) in [6, 6.07) is 1.81. The quantitative estimate of drug-likeness (QED) is 0.884. The Balaban J connectivity index is 2.08. The highest BCUT2D eigenvalue weighted by atomic mass is 79.9. The van der Waals surface area contributed by atoms with E-state index in [1.54, 1.807) is 6.07 Å². The van der Waals surface area contributed by atoms with Crippen LogP contribution in [0.3, 0.4) is 0 Å². The Kier molecular flexibility index (Phi) is 4.80. The zero-order chi connectivity index (χ0) is 13.3. The molecule has 1 aliphatic carbocycles. The van der Waals surface area contributed by atoms with Crippen molar-refractivity contribution in [3.63, 3.8) is 0 Å². The summed E-state index contributed by atoms with van der Waals surface area (Å²) in [5.74, 6) is 0. The van der Waals surface area contributed by atoms with Crippen molar-refractivity contribution in [3.05, 3.63) is 15.4 Å². The Morgan fingerprint density at radius 1 is 1.50 bits per heavy atom. The average molecular weight is 370 g/mol. The molecular formula is C11H16BrNO2S3. The van der Waals surface area contributed by atoms with Gasteiger partial charge in [-0.05, 0) is 60.0 Å². The lowest BCUT2D eigenvalue weighted by Gasteiger charge is -2.12. The smallest absolute Gasteiger partial charge is 0.207 e. The zero-order valence-corrected chi connectivity index (χ0v) is 14.3. The Hall–Kier alpha value is 0.440. The molecule has 18 heavy (non-hydrogen) atoms. The third-order valence-corrected chi connectivity index (χ3v) is 8.36. The number of sulfonamides is 1. The highest BCUT2D eigenvalue weighted by Crippen LogP contribution is 2.32. The molecule has 2 unspecified atom stereocenters. The van der Waals surface area contributed by atoms with Crippen molar-refractivity contribution in [2.45, 2.75) is 41.7 Å². The lowest BCUT2D eigenvalue weighted by Crippen LogP contribution is -2.32. The summed E-state index contributed by atoms with van der Waals surface area (Å²) in [5, 5.41) is 0.592. The zero-order valence-electron chi connectivity index (χ0n) is 10.3. The minimum Gasteiger partial charge on any atom is -0.207 e. The van der Waals surface area contributed by atoms with Gasteiger partial charge in [-0.1, -0.05) is 0 Å². The van der Waals surface area contributed by atoms with Crippen LogP contribution in [-0.2, 0) is 10.0 Å². The molecule has 1 N–H and O–H groups in total. The molecule has 0 bridgehead atoms. The number of aryl methyl sites for hydroxylation is 1. The number of nitrogens with one attached hydrogen (secondary N) is 1. The molecule has 0 aromatic carbocycles. The second kappa shape index (κ2) is 5.83. The SMILES string of the molecule is CSC1CCC(NS(=O)(=O)c2cc(C)c(Br)s2)C1. The van der Waals surface area contributed by atoms with Crippen LogP contribution >= 0.6 is 39.0 Å². The standard InChI is InChI=1S/C11H16BrNO2S3/c1-7-5-10(17-11(7)12)18(14,15)13-8-3-4-9(6-8)16-2/h5,8-9,13H,3-4,6H2,1-2H3. The van der Waals surface area contributed by atoms with Gasteiger partial charge in [0.1, 0.15) is 4.21 Å².